The van der Waals surface area contributed by atoms with E-state index >= 15 is 0 Å². The third-order valence-corrected chi connectivity index (χ3v) is 3.63. The van der Waals surface area contributed by atoms with E-state index in [4.69, 9.17) is 4.74 Å². The molecule has 110 valence electrons. The second-order valence-electron chi connectivity index (χ2n) is 5.09. The molecule has 0 bridgehead atoms. The van der Waals surface area contributed by atoms with Gasteiger partial charge in [-0.05, 0) is 19.3 Å². The van der Waals surface area contributed by atoms with Gasteiger partial charge in [-0.3, -0.25) is 4.79 Å². The van der Waals surface area contributed by atoms with Crippen LogP contribution >= 0.6 is 0 Å². The largest absolute Gasteiger partial charge is 0.481 e. The fraction of sp³-hybridized carbons (Fsp3) is 0.846. The van der Waals surface area contributed by atoms with E-state index in [2.05, 4.69) is 5.32 Å². The van der Waals surface area contributed by atoms with E-state index in [0.29, 0.717) is 39.1 Å². The lowest BCUT2D eigenvalue weighted by Gasteiger charge is -2.39. The maximum Gasteiger partial charge on any atom is 0.317 e. The van der Waals surface area contributed by atoms with Crippen molar-refractivity contribution in [1.82, 2.24) is 10.2 Å². The first-order valence-electron chi connectivity index (χ1n) is 6.81. The van der Waals surface area contributed by atoms with Crippen LogP contribution in [0.2, 0.25) is 0 Å². The lowest BCUT2D eigenvalue weighted by atomic mass is 9.76. The highest BCUT2D eigenvalue weighted by molar-refractivity contribution is 5.78. The SMILES string of the molecule is CCCC1(C(=O)O)CCCN(C(=O)NCCOC)C1. The van der Waals surface area contributed by atoms with Crippen LogP contribution in [0.15, 0.2) is 0 Å². The smallest absolute Gasteiger partial charge is 0.317 e. The van der Waals surface area contributed by atoms with Gasteiger partial charge >= 0.3 is 12.0 Å². The molecule has 1 fully saturated rings. The van der Waals surface area contributed by atoms with E-state index < -0.39 is 11.4 Å². The molecule has 0 aliphatic carbocycles. The van der Waals surface area contributed by atoms with Gasteiger partial charge in [0.05, 0.1) is 12.0 Å². The zero-order valence-electron chi connectivity index (χ0n) is 11.8. The molecule has 6 heteroatoms. The minimum absolute atomic E-state index is 0.196. The summed E-state index contributed by atoms with van der Waals surface area (Å²) in [6, 6.07) is -0.196. The quantitative estimate of drug-likeness (QED) is 0.715. The predicted molar refractivity (Wildman–Crippen MR) is 71.1 cm³/mol. The van der Waals surface area contributed by atoms with Crippen molar-refractivity contribution >= 4 is 12.0 Å². The summed E-state index contributed by atoms with van der Waals surface area (Å²) < 4.78 is 4.87. The number of ether oxygens (including phenoxy) is 1. The Hall–Kier alpha value is -1.30. The minimum Gasteiger partial charge on any atom is -0.481 e. The molecule has 1 unspecified atom stereocenters. The standard InChI is InChI=1S/C13H24N2O4/c1-3-5-13(11(16)17)6-4-8-15(10-13)12(18)14-7-9-19-2/h3-10H2,1-2H3,(H,14,18)(H,16,17). The summed E-state index contributed by atoms with van der Waals surface area (Å²) in [6.07, 6.45) is 2.82. The van der Waals surface area contributed by atoms with Crippen molar-refractivity contribution in [3.63, 3.8) is 0 Å². The summed E-state index contributed by atoms with van der Waals surface area (Å²) >= 11 is 0. The first-order valence-corrected chi connectivity index (χ1v) is 6.81. The Kier molecular flexibility index (Phi) is 6.08. The molecule has 1 saturated heterocycles. The first kappa shape index (κ1) is 15.8. The Morgan fingerprint density at radius 3 is 2.79 bits per heavy atom. The molecule has 0 saturated carbocycles. The number of piperidine rings is 1. The number of nitrogens with one attached hydrogen (secondary N) is 1. The molecule has 2 amide bonds. The summed E-state index contributed by atoms with van der Waals surface area (Å²) in [5, 5.41) is 12.2. The maximum atomic E-state index is 12.0. The molecule has 0 aromatic rings. The van der Waals surface area contributed by atoms with Crippen LogP contribution in [0.5, 0.6) is 0 Å². The van der Waals surface area contributed by atoms with Gasteiger partial charge in [-0.2, -0.15) is 0 Å². The third-order valence-electron chi connectivity index (χ3n) is 3.63. The van der Waals surface area contributed by atoms with Crippen LogP contribution in [0.25, 0.3) is 0 Å². The number of carboxylic acid groups (broad SMARTS) is 1. The Balaban J connectivity index is 2.61. The summed E-state index contributed by atoms with van der Waals surface area (Å²) in [4.78, 5) is 25.1. The lowest BCUT2D eigenvalue weighted by Crippen LogP contribution is -2.53. The molecule has 1 rings (SSSR count). The number of hydrogen-bond donors (Lipinski definition) is 2. The van der Waals surface area contributed by atoms with Gasteiger partial charge in [0, 0.05) is 26.7 Å². The fourth-order valence-corrected chi connectivity index (χ4v) is 2.64. The van der Waals surface area contributed by atoms with E-state index in [1.165, 1.54) is 0 Å². The molecule has 19 heavy (non-hydrogen) atoms. The van der Waals surface area contributed by atoms with Crippen molar-refractivity contribution in [2.75, 3.05) is 33.4 Å². The van der Waals surface area contributed by atoms with Crippen LogP contribution in [0.4, 0.5) is 4.79 Å². The van der Waals surface area contributed by atoms with Crippen molar-refractivity contribution in [2.45, 2.75) is 32.6 Å². The van der Waals surface area contributed by atoms with Crippen molar-refractivity contribution in [3.8, 4) is 0 Å². The van der Waals surface area contributed by atoms with E-state index in [1.807, 2.05) is 6.92 Å². The van der Waals surface area contributed by atoms with Crippen LogP contribution in [-0.2, 0) is 9.53 Å². The van der Waals surface area contributed by atoms with Crippen LogP contribution in [0.1, 0.15) is 32.6 Å². The normalized spacial score (nSPS) is 23.2. The zero-order valence-corrected chi connectivity index (χ0v) is 11.8. The zero-order chi connectivity index (χ0) is 14.3. The van der Waals surface area contributed by atoms with Crippen LogP contribution in [-0.4, -0.2) is 55.4 Å². The monoisotopic (exact) mass is 272 g/mol. The highest BCUT2D eigenvalue weighted by Crippen LogP contribution is 2.35. The van der Waals surface area contributed by atoms with E-state index in [9.17, 15) is 14.7 Å². The number of urea groups is 1. The maximum absolute atomic E-state index is 12.0. The molecule has 1 atom stereocenters. The Morgan fingerprint density at radius 1 is 1.47 bits per heavy atom. The number of carbonyl (C=O) groups is 2. The highest BCUT2D eigenvalue weighted by atomic mass is 16.5. The first-order chi connectivity index (χ1) is 9.05. The van der Waals surface area contributed by atoms with Gasteiger partial charge in [0.25, 0.3) is 0 Å². The molecule has 1 heterocycles. The number of amides is 2. The molecule has 1 aliphatic rings. The number of nitrogens with zero attached hydrogens (tertiary/aromatic N) is 1. The second kappa shape index (κ2) is 7.33. The molecule has 6 nitrogen and oxygen atoms in total. The van der Waals surface area contributed by atoms with Crippen LogP contribution in [0, 0.1) is 5.41 Å². The van der Waals surface area contributed by atoms with Crippen LogP contribution < -0.4 is 5.32 Å². The number of hydrogen-bond acceptors (Lipinski definition) is 3. The Morgan fingerprint density at radius 2 is 2.21 bits per heavy atom. The third kappa shape index (κ3) is 4.09. The summed E-state index contributed by atoms with van der Waals surface area (Å²) in [5.41, 5.74) is -0.772. The average Bonchev–Trinajstić information content (AvgIpc) is 2.39. The predicted octanol–water partition coefficient (Wildman–Crippen LogP) is 1.31. The van der Waals surface area contributed by atoms with E-state index in [0.717, 1.165) is 12.8 Å². The van der Waals surface area contributed by atoms with Gasteiger partial charge in [0.15, 0.2) is 0 Å². The highest BCUT2D eigenvalue weighted by Gasteiger charge is 2.42. The van der Waals surface area contributed by atoms with E-state index in [1.54, 1.807) is 12.0 Å². The van der Waals surface area contributed by atoms with Gasteiger partial charge in [-0.25, -0.2) is 4.79 Å². The Labute approximate surface area is 114 Å². The fourth-order valence-electron chi connectivity index (χ4n) is 2.64. The van der Waals surface area contributed by atoms with Gasteiger partial charge in [-0.15, -0.1) is 0 Å². The molecular formula is C13H24N2O4. The van der Waals surface area contributed by atoms with Gasteiger partial charge < -0.3 is 20.1 Å². The Bertz CT molecular complexity index is 318. The number of rotatable bonds is 6. The number of methoxy groups -OCH3 is 1. The van der Waals surface area contributed by atoms with Crippen molar-refractivity contribution < 1.29 is 19.4 Å². The molecular weight excluding hydrogens is 248 g/mol. The number of carbonyl (C=O) groups excluding carboxylic acids is 1. The van der Waals surface area contributed by atoms with Gasteiger partial charge in [0.1, 0.15) is 0 Å². The number of likely N-dealkylation sites (tertiary alicyclic amines) is 1. The molecule has 1 aliphatic heterocycles. The van der Waals surface area contributed by atoms with Gasteiger partial charge in [-0.1, -0.05) is 13.3 Å². The summed E-state index contributed by atoms with van der Waals surface area (Å²) in [6.45, 7) is 3.80. The van der Waals surface area contributed by atoms with Crippen LogP contribution in [0.3, 0.4) is 0 Å². The minimum atomic E-state index is -0.788. The molecule has 0 aromatic heterocycles. The molecule has 0 aromatic carbocycles. The number of aliphatic carboxylic acids is 1. The van der Waals surface area contributed by atoms with Crippen molar-refractivity contribution in [3.05, 3.63) is 0 Å². The molecule has 2 N–H and O–H groups in total. The summed E-state index contributed by atoms with van der Waals surface area (Å²) in [5.74, 6) is -0.788. The second-order valence-corrected chi connectivity index (χ2v) is 5.09. The molecule has 0 spiro atoms. The molecule has 0 radical (unpaired) electrons. The summed E-state index contributed by atoms with van der Waals surface area (Å²) in [7, 11) is 1.57. The lowest BCUT2D eigenvalue weighted by molar-refractivity contribution is -0.152. The average molecular weight is 272 g/mol. The van der Waals surface area contributed by atoms with Crippen molar-refractivity contribution in [2.24, 2.45) is 5.41 Å². The van der Waals surface area contributed by atoms with Crippen molar-refractivity contribution in [1.29, 1.82) is 0 Å². The van der Waals surface area contributed by atoms with E-state index in [-0.39, 0.29) is 6.03 Å². The number of carboxylic acids is 1. The topological polar surface area (TPSA) is 78.9 Å². The van der Waals surface area contributed by atoms with Gasteiger partial charge in [0.2, 0.25) is 0 Å².